The molecular weight excluding hydrogens is 288 g/mol. The predicted octanol–water partition coefficient (Wildman–Crippen LogP) is 4.37. The molecule has 3 aromatic rings. The van der Waals surface area contributed by atoms with Gasteiger partial charge < -0.3 is 4.74 Å². The van der Waals surface area contributed by atoms with Crippen LogP contribution in [-0.2, 0) is 0 Å². The third kappa shape index (κ3) is 2.12. The second-order valence-electron chi connectivity index (χ2n) is 5.75. The van der Waals surface area contributed by atoms with Gasteiger partial charge in [-0.05, 0) is 38.0 Å². The molecule has 0 bridgehead atoms. The van der Waals surface area contributed by atoms with E-state index in [1.807, 2.05) is 12.1 Å². The van der Waals surface area contributed by atoms with Crippen LogP contribution in [-0.4, -0.2) is 15.2 Å². The molecule has 0 radical (unpaired) electrons. The van der Waals surface area contributed by atoms with Gasteiger partial charge in [-0.2, -0.15) is 5.10 Å². The number of anilines is 3. The minimum absolute atomic E-state index is 0.680. The SMILES string of the molecule is Cc1cc(C)c(N2c3ccncc3Oc3ccnnc32)c(C)c1. The van der Waals surface area contributed by atoms with Gasteiger partial charge >= 0.3 is 0 Å². The summed E-state index contributed by atoms with van der Waals surface area (Å²) in [4.78, 5) is 6.27. The zero-order valence-electron chi connectivity index (χ0n) is 13.2. The summed E-state index contributed by atoms with van der Waals surface area (Å²) < 4.78 is 5.93. The molecule has 0 saturated carbocycles. The van der Waals surface area contributed by atoms with Gasteiger partial charge in [-0.15, -0.1) is 5.10 Å². The molecule has 0 amide bonds. The lowest BCUT2D eigenvalue weighted by atomic mass is 10.0. The highest BCUT2D eigenvalue weighted by molar-refractivity contribution is 5.86. The molecule has 0 aliphatic carbocycles. The Bertz CT molecular complexity index is 839. The number of nitrogens with zero attached hydrogens (tertiary/aromatic N) is 4. The van der Waals surface area contributed by atoms with Gasteiger partial charge in [-0.3, -0.25) is 9.88 Å². The van der Waals surface area contributed by atoms with Gasteiger partial charge in [-0.1, -0.05) is 17.7 Å². The number of aryl methyl sites for hydroxylation is 3. The van der Waals surface area contributed by atoms with Crippen molar-refractivity contribution in [2.45, 2.75) is 20.8 Å². The fraction of sp³-hybridized carbons (Fsp3) is 0.167. The number of benzene rings is 1. The molecule has 1 aliphatic heterocycles. The molecule has 1 aromatic carbocycles. The first-order valence-corrected chi connectivity index (χ1v) is 7.46. The second kappa shape index (κ2) is 5.05. The summed E-state index contributed by atoms with van der Waals surface area (Å²) in [6, 6.07) is 8.11. The highest BCUT2D eigenvalue weighted by Crippen LogP contribution is 2.49. The first-order chi connectivity index (χ1) is 11.1. The molecule has 0 fully saturated rings. The van der Waals surface area contributed by atoms with Crippen molar-refractivity contribution in [2.75, 3.05) is 4.90 Å². The summed E-state index contributed by atoms with van der Waals surface area (Å²) in [5, 5.41) is 8.35. The van der Waals surface area contributed by atoms with E-state index in [1.54, 1.807) is 18.6 Å². The van der Waals surface area contributed by atoms with Gasteiger partial charge in [0.1, 0.15) is 0 Å². The first kappa shape index (κ1) is 13.7. The Kier molecular flexibility index (Phi) is 3.01. The Morgan fingerprint density at radius 2 is 1.74 bits per heavy atom. The van der Waals surface area contributed by atoms with E-state index < -0.39 is 0 Å². The average Bonchev–Trinajstić information content (AvgIpc) is 2.53. The fourth-order valence-electron chi connectivity index (χ4n) is 3.17. The number of fused-ring (bicyclic) bond motifs is 2. The van der Waals surface area contributed by atoms with Crippen molar-refractivity contribution in [2.24, 2.45) is 0 Å². The predicted molar refractivity (Wildman–Crippen MR) is 88.8 cm³/mol. The van der Waals surface area contributed by atoms with Crippen molar-refractivity contribution >= 4 is 17.2 Å². The topological polar surface area (TPSA) is 51.1 Å². The summed E-state index contributed by atoms with van der Waals surface area (Å²) in [5.74, 6) is 2.09. The Morgan fingerprint density at radius 1 is 0.957 bits per heavy atom. The summed E-state index contributed by atoms with van der Waals surface area (Å²) in [7, 11) is 0. The van der Waals surface area contributed by atoms with Gasteiger partial charge in [-0.25, -0.2) is 0 Å². The van der Waals surface area contributed by atoms with Crippen LogP contribution in [0.25, 0.3) is 0 Å². The van der Waals surface area contributed by atoms with Gasteiger partial charge in [0.2, 0.25) is 5.82 Å². The number of hydrogen-bond donors (Lipinski definition) is 0. The van der Waals surface area contributed by atoms with Crippen LogP contribution in [0.3, 0.4) is 0 Å². The molecule has 1 aliphatic rings. The molecule has 2 aromatic heterocycles. The van der Waals surface area contributed by atoms with E-state index in [0.717, 1.165) is 11.4 Å². The minimum atomic E-state index is 0.680. The van der Waals surface area contributed by atoms with Crippen molar-refractivity contribution in [3.8, 4) is 11.5 Å². The van der Waals surface area contributed by atoms with Crippen molar-refractivity contribution in [1.82, 2.24) is 15.2 Å². The molecule has 0 spiro atoms. The van der Waals surface area contributed by atoms with Crippen molar-refractivity contribution in [3.05, 3.63) is 59.5 Å². The zero-order valence-corrected chi connectivity index (χ0v) is 13.2. The Labute approximate surface area is 134 Å². The minimum Gasteiger partial charge on any atom is -0.449 e. The van der Waals surface area contributed by atoms with Gasteiger partial charge in [0.15, 0.2) is 11.5 Å². The third-order valence-corrected chi connectivity index (χ3v) is 3.96. The monoisotopic (exact) mass is 304 g/mol. The molecule has 23 heavy (non-hydrogen) atoms. The van der Waals surface area contributed by atoms with Crippen LogP contribution in [0.2, 0.25) is 0 Å². The van der Waals surface area contributed by atoms with Gasteiger partial charge in [0.05, 0.1) is 23.8 Å². The van der Waals surface area contributed by atoms with Crippen molar-refractivity contribution in [1.29, 1.82) is 0 Å². The summed E-state index contributed by atoms with van der Waals surface area (Å²) in [6.07, 6.45) is 5.12. The van der Waals surface area contributed by atoms with Crippen LogP contribution in [0, 0.1) is 20.8 Å². The van der Waals surface area contributed by atoms with Crippen LogP contribution in [0.15, 0.2) is 42.9 Å². The maximum atomic E-state index is 5.93. The first-order valence-electron chi connectivity index (χ1n) is 7.46. The molecule has 0 N–H and O–H groups in total. The lowest BCUT2D eigenvalue weighted by Gasteiger charge is -2.32. The van der Waals surface area contributed by atoms with Crippen molar-refractivity contribution in [3.63, 3.8) is 0 Å². The van der Waals surface area contributed by atoms with E-state index in [-0.39, 0.29) is 0 Å². The zero-order chi connectivity index (χ0) is 16.0. The molecule has 5 nitrogen and oxygen atoms in total. The number of pyridine rings is 1. The van der Waals surface area contributed by atoms with E-state index in [4.69, 9.17) is 4.74 Å². The Balaban J connectivity index is 2.02. The Hall–Kier alpha value is -2.95. The number of rotatable bonds is 1. The van der Waals surface area contributed by atoms with Crippen LogP contribution in [0.5, 0.6) is 11.5 Å². The molecular formula is C18H16N4O. The van der Waals surface area contributed by atoms with E-state index in [0.29, 0.717) is 17.3 Å². The van der Waals surface area contributed by atoms with E-state index in [1.165, 1.54) is 16.7 Å². The highest BCUT2D eigenvalue weighted by Gasteiger charge is 2.29. The lowest BCUT2D eigenvalue weighted by Crippen LogP contribution is -2.19. The molecule has 0 atom stereocenters. The average molecular weight is 304 g/mol. The van der Waals surface area contributed by atoms with Crippen molar-refractivity contribution < 1.29 is 4.74 Å². The van der Waals surface area contributed by atoms with Crippen LogP contribution < -0.4 is 9.64 Å². The number of hydrogen-bond acceptors (Lipinski definition) is 5. The second-order valence-corrected chi connectivity index (χ2v) is 5.75. The lowest BCUT2D eigenvalue weighted by molar-refractivity contribution is 0.469. The third-order valence-electron chi connectivity index (χ3n) is 3.96. The molecule has 3 heterocycles. The fourth-order valence-corrected chi connectivity index (χ4v) is 3.17. The maximum absolute atomic E-state index is 5.93. The normalized spacial score (nSPS) is 12.4. The van der Waals surface area contributed by atoms with E-state index in [9.17, 15) is 0 Å². The van der Waals surface area contributed by atoms with E-state index >= 15 is 0 Å². The van der Waals surface area contributed by atoms with Gasteiger partial charge in [0.25, 0.3) is 0 Å². The molecule has 114 valence electrons. The van der Waals surface area contributed by atoms with Crippen LogP contribution in [0.4, 0.5) is 17.2 Å². The smallest absolute Gasteiger partial charge is 0.203 e. The van der Waals surface area contributed by atoms with E-state index in [2.05, 4.69) is 53.0 Å². The van der Waals surface area contributed by atoms with Crippen LogP contribution >= 0.6 is 0 Å². The maximum Gasteiger partial charge on any atom is 0.203 e. The quantitative estimate of drug-likeness (QED) is 0.522. The standard InChI is InChI=1S/C18H16N4O/c1-11-8-12(2)17(13(3)9-11)22-14-4-6-19-10-16(14)23-15-5-7-20-21-18(15)22/h4-10H,1-3H3. The summed E-state index contributed by atoms with van der Waals surface area (Å²) >= 11 is 0. The molecule has 0 saturated heterocycles. The van der Waals surface area contributed by atoms with Gasteiger partial charge in [0, 0.05) is 12.3 Å². The Morgan fingerprint density at radius 3 is 2.52 bits per heavy atom. The molecule has 0 unspecified atom stereocenters. The summed E-state index contributed by atoms with van der Waals surface area (Å²) in [5.41, 5.74) is 5.63. The largest absolute Gasteiger partial charge is 0.449 e. The summed E-state index contributed by atoms with van der Waals surface area (Å²) in [6.45, 7) is 6.33. The molecule has 5 heteroatoms. The molecule has 4 rings (SSSR count). The number of ether oxygens (including phenoxy) is 1. The highest BCUT2D eigenvalue weighted by atomic mass is 16.5. The number of aromatic nitrogens is 3. The van der Waals surface area contributed by atoms with Crippen LogP contribution in [0.1, 0.15) is 16.7 Å².